The summed E-state index contributed by atoms with van der Waals surface area (Å²) in [5.74, 6) is 0. The van der Waals surface area contributed by atoms with Crippen LogP contribution >= 0.6 is 0 Å². The summed E-state index contributed by atoms with van der Waals surface area (Å²) in [4.78, 5) is 0. The molecule has 2 heterocycles. The van der Waals surface area contributed by atoms with Crippen LogP contribution < -0.4 is 0 Å². The summed E-state index contributed by atoms with van der Waals surface area (Å²) < 4.78 is 12.4. The van der Waals surface area contributed by atoms with Crippen LogP contribution in [0.25, 0.3) is 0 Å². The fraction of sp³-hybridized carbons (Fsp3) is 0.556. The molecule has 1 aromatic carbocycles. The molecule has 0 amide bonds. The van der Waals surface area contributed by atoms with Crippen LogP contribution in [0.3, 0.4) is 0 Å². The third-order valence-corrected chi connectivity index (χ3v) is 4.54. The average molecular weight is 272 g/mol. The van der Waals surface area contributed by atoms with E-state index in [0.717, 1.165) is 19.4 Å². The number of ether oxygens (including phenoxy) is 2. The summed E-state index contributed by atoms with van der Waals surface area (Å²) in [7, 11) is 0. The van der Waals surface area contributed by atoms with Crippen LogP contribution in [0, 0.1) is 0 Å². The van der Waals surface area contributed by atoms with Crippen molar-refractivity contribution < 1.29 is 9.47 Å². The first kappa shape index (κ1) is 13.8. The molecule has 3 unspecified atom stereocenters. The van der Waals surface area contributed by atoms with Gasteiger partial charge in [0.1, 0.15) is 6.10 Å². The predicted octanol–water partition coefficient (Wildman–Crippen LogP) is 4.42. The monoisotopic (exact) mass is 272 g/mol. The first-order valence-electron chi connectivity index (χ1n) is 7.79. The molecule has 1 fully saturated rings. The van der Waals surface area contributed by atoms with Crippen molar-refractivity contribution in [3.05, 3.63) is 47.5 Å². The third kappa shape index (κ3) is 2.55. The van der Waals surface area contributed by atoms with Gasteiger partial charge in [0.2, 0.25) is 0 Å². The molecule has 2 heteroatoms. The zero-order chi connectivity index (χ0) is 14.0. The quantitative estimate of drug-likeness (QED) is 0.755. The van der Waals surface area contributed by atoms with Gasteiger partial charge < -0.3 is 9.47 Å². The molecule has 3 rings (SSSR count). The summed E-state index contributed by atoms with van der Waals surface area (Å²) in [5, 5.41) is 0. The van der Waals surface area contributed by atoms with Crippen LogP contribution in [0.4, 0.5) is 0 Å². The number of rotatable bonds is 4. The second kappa shape index (κ2) is 5.71. The van der Waals surface area contributed by atoms with Gasteiger partial charge in [-0.05, 0) is 30.6 Å². The molecule has 0 saturated carbocycles. The highest BCUT2D eigenvalue weighted by molar-refractivity contribution is 5.33. The number of hydrogen-bond acceptors (Lipinski definition) is 2. The van der Waals surface area contributed by atoms with Crippen molar-refractivity contribution in [1.82, 2.24) is 0 Å². The average Bonchev–Trinajstić information content (AvgIpc) is 2.92. The molecular weight excluding hydrogens is 248 g/mol. The van der Waals surface area contributed by atoms with Crippen LogP contribution in [0.15, 0.2) is 42.0 Å². The minimum atomic E-state index is -0.123. The molecular formula is C18H24O2. The van der Waals surface area contributed by atoms with Gasteiger partial charge in [-0.3, -0.25) is 0 Å². The van der Waals surface area contributed by atoms with E-state index >= 15 is 0 Å². The Morgan fingerprint density at radius 1 is 1.25 bits per heavy atom. The molecule has 3 atom stereocenters. The van der Waals surface area contributed by atoms with Crippen LogP contribution in [0.2, 0.25) is 0 Å². The number of benzene rings is 1. The van der Waals surface area contributed by atoms with Crippen molar-refractivity contribution in [2.24, 2.45) is 0 Å². The Kier molecular flexibility index (Phi) is 3.95. The molecule has 2 aliphatic heterocycles. The molecule has 0 aromatic heterocycles. The van der Waals surface area contributed by atoms with E-state index in [1.165, 1.54) is 24.0 Å². The molecule has 108 valence electrons. The van der Waals surface area contributed by atoms with E-state index < -0.39 is 0 Å². The van der Waals surface area contributed by atoms with Gasteiger partial charge in [-0.15, -0.1) is 0 Å². The number of fused-ring (bicyclic) bond motifs is 1. The Morgan fingerprint density at radius 2 is 2.05 bits per heavy atom. The lowest BCUT2D eigenvalue weighted by atomic mass is 9.83. The summed E-state index contributed by atoms with van der Waals surface area (Å²) in [6, 6.07) is 10.5. The van der Waals surface area contributed by atoms with Crippen molar-refractivity contribution in [2.75, 3.05) is 6.61 Å². The van der Waals surface area contributed by atoms with Gasteiger partial charge in [0, 0.05) is 6.42 Å². The molecule has 0 aliphatic carbocycles. The lowest BCUT2D eigenvalue weighted by molar-refractivity contribution is -0.0776. The second-order valence-electron chi connectivity index (χ2n) is 6.05. The molecule has 20 heavy (non-hydrogen) atoms. The maximum absolute atomic E-state index is 6.25. The topological polar surface area (TPSA) is 18.5 Å². The van der Waals surface area contributed by atoms with Crippen LogP contribution in [0.1, 0.15) is 51.2 Å². The minimum Gasteiger partial charge on any atom is -0.371 e. The first-order valence-corrected chi connectivity index (χ1v) is 7.79. The Labute approximate surface area is 121 Å². The van der Waals surface area contributed by atoms with E-state index in [1.54, 1.807) is 0 Å². The maximum atomic E-state index is 6.25. The third-order valence-electron chi connectivity index (χ3n) is 4.54. The van der Waals surface area contributed by atoms with Crippen molar-refractivity contribution in [1.29, 1.82) is 0 Å². The largest absolute Gasteiger partial charge is 0.371 e. The SMILES string of the molecule is CCCCC1(C)OCCC2OC(c3ccccc3)C=C21. The second-order valence-corrected chi connectivity index (χ2v) is 6.05. The van der Waals surface area contributed by atoms with E-state index in [1.807, 2.05) is 6.07 Å². The molecule has 0 N–H and O–H groups in total. The Balaban J connectivity index is 1.84. The van der Waals surface area contributed by atoms with Gasteiger partial charge in [-0.25, -0.2) is 0 Å². The van der Waals surface area contributed by atoms with Gasteiger partial charge in [0.05, 0.1) is 18.3 Å². The van der Waals surface area contributed by atoms with Gasteiger partial charge in [0.15, 0.2) is 0 Å². The predicted molar refractivity (Wildman–Crippen MR) is 80.6 cm³/mol. The lowest BCUT2D eigenvalue weighted by Gasteiger charge is -2.38. The van der Waals surface area contributed by atoms with Crippen LogP contribution in [-0.4, -0.2) is 18.3 Å². The summed E-state index contributed by atoms with van der Waals surface area (Å²) >= 11 is 0. The van der Waals surface area contributed by atoms with E-state index in [2.05, 4.69) is 44.2 Å². The molecule has 0 spiro atoms. The number of unbranched alkanes of at least 4 members (excludes halogenated alkanes) is 1. The van der Waals surface area contributed by atoms with Crippen LogP contribution in [-0.2, 0) is 9.47 Å². The van der Waals surface area contributed by atoms with E-state index in [-0.39, 0.29) is 17.8 Å². The van der Waals surface area contributed by atoms with Gasteiger partial charge in [-0.1, -0.05) is 50.1 Å². The highest BCUT2D eigenvalue weighted by Crippen LogP contribution is 2.44. The fourth-order valence-electron chi connectivity index (χ4n) is 3.32. The van der Waals surface area contributed by atoms with E-state index in [4.69, 9.17) is 9.47 Å². The maximum Gasteiger partial charge on any atom is 0.102 e. The number of hydrogen-bond donors (Lipinski definition) is 0. The Bertz CT molecular complexity index is 479. The van der Waals surface area contributed by atoms with Gasteiger partial charge in [0.25, 0.3) is 0 Å². The van der Waals surface area contributed by atoms with Crippen molar-refractivity contribution in [3.8, 4) is 0 Å². The standard InChI is InChI=1S/C18H24O2/c1-3-4-11-18(2)15-13-17(14-8-6-5-7-9-14)20-16(15)10-12-19-18/h5-9,13,16-17H,3-4,10-12H2,1-2H3. The van der Waals surface area contributed by atoms with Gasteiger partial charge >= 0.3 is 0 Å². The molecule has 2 nitrogen and oxygen atoms in total. The zero-order valence-corrected chi connectivity index (χ0v) is 12.5. The molecule has 1 aromatic rings. The van der Waals surface area contributed by atoms with Crippen molar-refractivity contribution in [3.63, 3.8) is 0 Å². The lowest BCUT2D eigenvalue weighted by Crippen LogP contribution is -2.41. The Morgan fingerprint density at radius 3 is 2.80 bits per heavy atom. The normalized spacial score (nSPS) is 32.8. The van der Waals surface area contributed by atoms with Crippen LogP contribution in [0.5, 0.6) is 0 Å². The smallest absolute Gasteiger partial charge is 0.102 e. The fourth-order valence-corrected chi connectivity index (χ4v) is 3.32. The Hall–Kier alpha value is -1.12. The van der Waals surface area contributed by atoms with E-state index in [9.17, 15) is 0 Å². The highest BCUT2D eigenvalue weighted by Gasteiger charge is 2.43. The zero-order valence-electron chi connectivity index (χ0n) is 12.5. The molecule has 2 aliphatic rings. The molecule has 0 bridgehead atoms. The highest BCUT2D eigenvalue weighted by atomic mass is 16.5. The minimum absolute atomic E-state index is 0.0962. The summed E-state index contributed by atoms with van der Waals surface area (Å²) in [5.41, 5.74) is 2.49. The summed E-state index contributed by atoms with van der Waals surface area (Å²) in [6.07, 6.45) is 7.13. The van der Waals surface area contributed by atoms with Crippen molar-refractivity contribution in [2.45, 2.75) is 57.3 Å². The van der Waals surface area contributed by atoms with Crippen molar-refractivity contribution >= 4 is 0 Å². The van der Waals surface area contributed by atoms with Gasteiger partial charge in [-0.2, -0.15) is 0 Å². The molecule has 0 radical (unpaired) electrons. The summed E-state index contributed by atoms with van der Waals surface area (Å²) in [6.45, 7) is 5.27. The first-order chi connectivity index (χ1) is 9.73. The molecule has 1 saturated heterocycles. The van der Waals surface area contributed by atoms with E-state index in [0.29, 0.717) is 0 Å².